The van der Waals surface area contributed by atoms with Crippen molar-refractivity contribution in [2.45, 2.75) is 20.0 Å². The van der Waals surface area contributed by atoms with E-state index in [0.29, 0.717) is 17.4 Å². The second-order valence-electron chi connectivity index (χ2n) is 6.18. The minimum absolute atomic E-state index is 0.0103. The third-order valence-corrected chi connectivity index (χ3v) is 5.27. The van der Waals surface area contributed by atoms with Crippen molar-refractivity contribution in [3.05, 3.63) is 59.1 Å². The van der Waals surface area contributed by atoms with Crippen LogP contribution in [0.5, 0.6) is 0 Å². The number of amides is 1. The van der Waals surface area contributed by atoms with Crippen LogP contribution >= 0.6 is 11.3 Å². The van der Waals surface area contributed by atoms with Gasteiger partial charge in [-0.1, -0.05) is 12.1 Å². The molecule has 1 atom stereocenters. The van der Waals surface area contributed by atoms with Gasteiger partial charge in [-0.05, 0) is 49.7 Å². The predicted molar refractivity (Wildman–Crippen MR) is 108 cm³/mol. The molecule has 1 amide bonds. The van der Waals surface area contributed by atoms with Crippen LogP contribution in [0.15, 0.2) is 48.7 Å². The molecule has 0 aliphatic heterocycles. The Hall–Kier alpha value is -2.77. The largest absolute Gasteiger partial charge is 0.389 e. The number of carbonyl (C=O) groups is 1. The van der Waals surface area contributed by atoms with E-state index in [2.05, 4.69) is 15.3 Å². The maximum Gasteiger partial charge on any atom is 0.263 e. The van der Waals surface area contributed by atoms with Gasteiger partial charge in [0.05, 0.1) is 21.6 Å². The van der Waals surface area contributed by atoms with E-state index in [0.717, 1.165) is 21.8 Å². The first kappa shape index (κ1) is 19.0. The lowest BCUT2D eigenvalue weighted by Crippen LogP contribution is -2.25. The molecule has 1 unspecified atom stereocenters. The van der Waals surface area contributed by atoms with Gasteiger partial charge in [-0.2, -0.15) is 0 Å². The lowest BCUT2D eigenvalue weighted by Gasteiger charge is -2.12. The number of hydrogen-bond donors (Lipinski definition) is 2. The zero-order chi connectivity index (χ0) is 19.4. The fourth-order valence-electron chi connectivity index (χ4n) is 2.48. The predicted octanol–water partition coefficient (Wildman–Crippen LogP) is 4.09. The van der Waals surface area contributed by atoms with Gasteiger partial charge in [0.2, 0.25) is 5.95 Å². The Morgan fingerprint density at radius 1 is 1.30 bits per heavy atom. The molecular weight excluding hydrogens is 360 g/mol. The number of benzene rings is 1. The molecule has 27 heavy (non-hydrogen) atoms. The number of rotatable bonds is 6. The number of nitrogens with one attached hydrogen (secondary N) is 1. The van der Waals surface area contributed by atoms with Crippen molar-refractivity contribution in [2.24, 2.45) is 0 Å². The molecular formula is C20H22N4O2S. The van der Waals surface area contributed by atoms with E-state index in [1.165, 1.54) is 11.3 Å². The Bertz CT molecular complexity index is 939. The second-order valence-corrected chi connectivity index (χ2v) is 7.26. The minimum atomic E-state index is -0.540. The van der Waals surface area contributed by atoms with Crippen molar-refractivity contribution in [3.63, 3.8) is 0 Å². The topological polar surface area (TPSA) is 78.4 Å². The minimum Gasteiger partial charge on any atom is -0.389 e. The fourth-order valence-corrected chi connectivity index (χ4v) is 3.45. The molecule has 0 aliphatic carbocycles. The first-order valence-electron chi connectivity index (χ1n) is 8.71. The lowest BCUT2D eigenvalue weighted by molar-refractivity contribution is 0.0807. The van der Waals surface area contributed by atoms with Crippen molar-refractivity contribution in [1.82, 2.24) is 14.9 Å². The van der Waals surface area contributed by atoms with Crippen molar-refractivity contribution < 1.29 is 9.90 Å². The van der Waals surface area contributed by atoms with Crippen LogP contribution in [0, 0.1) is 0 Å². The zero-order valence-corrected chi connectivity index (χ0v) is 16.3. The molecule has 140 valence electrons. The van der Waals surface area contributed by atoms with Crippen molar-refractivity contribution >= 4 is 28.9 Å². The average molecular weight is 382 g/mol. The highest BCUT2D eigenvalue weighted by atomic mass is 32.1. The van der Waals surface area contributed by atoms with Gasteiger partial charge in [0.15, 0.2) is 0 Å². The van der Waals surface area contributed by atoms with Crippen molar-refractivity contribution in [3.8, 4) is 10.6 Å². The standard InChI is InChI=1S/C20H22N4O2S/c1-4-24(3)19(26)18-9-8-17(27-18)16-10-11-21-20(23-16)22-15-7-5-6-14(12-15)13(2)25/h5-13,25H,4H2,1-3H3,(H,21,22,23). The smallest absolute Gasteiger partial charge is 0.263 e. The first-order chi connectivity index (χ1) is 13.0. The fraction of sp³-hybridized carbons (Fsp3) is 0.250. The Morgan fingerprint density at radius 2 is 2.11 bits per heavy atom. The number of aliphatic hydroxyl groups is 1. The summed E-state index contributed by atoms with van der Waals surface area (Å²) >= 11 is 1.42. The van der Waals surface area contributed by atoms with Crippen LogP contribution in [0.1, 0.15) is 35.2 Å². The highest BCUT2D eigenvalue weighted by molar-refractivity contribution is 7.17. The van der Waals surface area contributed by atoms with Gasteiger partial charge in [-0.25, -0.2) is 9.97 Å². The molecule has 0 radical (unpaired) electrons. The number of thiophene rings is 1. The summed E-state index contributed by atoms with van der Waals surface area (Å²) in [5, 5.41) is 12.9. The van der Waals surface area contributed by atoms with Gasteiger partial charge in [0.25, 0.3) is 5.91 Å². The molecule has 3 aromatic rings. The number of aliphatic hydroxyl groups excluding tert-OH is 1. The summed E-state index contributed by atoms with van der Waals surface area (Å²) in [7, 11) is 1.79. The molecule has 0 aliphatic rings. The quantitative estimate of drug-likeness (QED) is 0.671. The van der Waals surface area contributed by atoms with Gasteiger partial charge in [0.1, 0.15) is 0 Å². The highest BCUT2D eigenvalue weighted by Crippen LogP contribution is 2.28. The van der Waals surface area contributed by atoms with Crippen LogP contribution in [0.25, 0.3) is 10.6 Å². The molecule has 6 nitrogen and oxygen atoms in total. The summed E-state index contributed by atoms with van der Waals surface area (Å²) < 4.78 is 0. The van der Waals surface area contributed by atoms with Crippen molar-refractivity contribution in [1.29, 1.82) is 0 Å². The van der Waals surface area contributed by atoms with Gasteiger partial charge in [0, 0.05) is 25.5 Å². The third-order valence-electron chi connectivity index (χ3n) is 4.17. The molecule has 0 saturated heterocycles. The first-order valence-corrected chi connectivity index (χ1v) is 9.53. The van der Waals surface area contributed by atoms with E-state index >= 15 is 0 Å². The second kappa shape index (κ2) is 8.28. The lowest BCUT2D eigenvalue weighted by atomic mass is 10.1. The molecule has 2 heterocycles. The highest BCUT2D eigenvalue weighted by Gasteiger charge is 2.14. The molecule has 0 saturated carbocycles. The van der Waals surface area contributed by atoms with E-state index in [-0.39, 0.29) is 5.91 Å². The number of carbonyl (C=O) groups excluding carboxylic acids is 1. The number of aromatic nitrogens is 2. The monoisotopic (exact) mass is 382 g/mol. The molecule has 0 fully saturated rings. The van der Waals surface area contributed by atoms with Crippen LogP contribution in [-0.4, -0.2) is 39.5 Å². The summed E-state index contributed by atoms with van der Waals surface area (Å²) in [5.74, 6) is 0.471. The van der Waals surface area contributed by atoms with E-state index in [4.69, 9.17) is 0 Å². The summed E-state index contributed by atoms with van der Waals surface area (Å²) in [6, 6.07) is 13.0. The molecule has 7 heteroatoms. The van der Waals surface area contributed by atoms with Gasteiger partial charge in [-0.3, -0.25) is 4.79 Å². The molecule has 2 aromatic heterocycles. The third kappa shape index (κ3) is 4.50. The Balaban J connectivity index is 1.81. The van der Waals surface area contributed by atoms with E-state index in [1.807, 2.05) is 49.4 Å². The van der Waals surface area contributed by atoms with Crippen LogP contribution in [0.3, 0.4) is 0 Å². The number of anilines is 2. The van der Waals surface area contributed by atoms with Crippen LogP contribution in [0.4, 0.5) is 11.6 Å². The zero-order valence-electron chi connectivity index (χ0n) is 15.5. The summed E-state index contributed by atoms with van der Waals surface area (Å²) in [5.41, 5.74) is 2.37. The Morgan fingerprint density at radius 3 is 2.85 bits per heavy atom. The molecule has 2 N–H and O–H groups in total. The number of hydrogen-bond acceptors (Lipinski definition) is 6. The number of nitrogens with zero attached hydrogens (tertiary/aromatic N) is 3. The molecule has 0 bridgehead atoms. The van der Waals surface area contributed by atoms with Crippen LogP contribution < -0.4 is 5.32 Å². The summed E-state index contributed by atoms with van der Waals surface area (Å²) in [6.07, 6.45) is 1.14. The molecule has 3 rings (SSSR count). The van der Waals surface area contributed by atoms with Gasteiger partial charge in [-0.15, -0.1) is 11.3 Å². The van der Waals surface area contributed by atoms with Crippen molar-refractivity contribution in [2.75, 3.05) is 18.9 Å². The van der Waals surface area contributed by atoms with Gasteiger partial charge >= 0.3 is 0 Å². The normalized spacial score (nSPS) is 11.9. The van der Waals surface area contributed by atoms with E-state index in [9.17, 15) is 9.90 Å². The average Bonchev–Trinajstić information content (AvgIpc) is 3.17. The van der Waals surface area contributed by atoms with E-state index in [1.54, 1.807) is 25.1 Å². The van der Waals surface area contributed by atoms with E-state index < -0.39 is 6.10 Å². The summed E-state index contributed by atoms with van der Waals surface area (Å²) in [6.45, 7) is 4.34. The molecule has 1 aromatic carbocycles. The SMILES string of the molecule is CCN(C)C(=O)c1ccc(-c2ccnc(Nc3cccc(C(C)O)c3)n2)s1. The van der Waals surface area contributed by atoms with Crippen LogP contribution in [-0.2, 0) is 0 Å². The molecule has 0 spiro atoms. The Labute approximate surface area is 162 Å². The summed E-state index contributed by atoms with van der Waals surface area (Å²) in [4.78, 5) is 24.4. The van der Waals surface area contributed by atoms with Gasteiger partial charge < -0.3 is 15.3 Å². The van der Waals surface area contributed by atoms with Crippen LogP contribution in [0.2, 0.25) is 0 Å². The maximum absolute atomic E-state index is 12.3. The Kier molecular flexibility index (Phi) is 5.83. The maximum atomic E-state index is 12.3.